The fraction of sp³-hybridized carbons (Fsp3) is 0.316. The zero-order valence-corrected chi connectivity index (χ0v) is 12.8. The molecule has 1 saturated heterocycles. The molecule has 0 aromatic heterocycles. The van der Waals surface area contributed by atoms with E-state index in [1.54, 1.807) is 6.21 Å². The predicted molar refractivity (Wildman–Crippen MR) is 91.3 cm³/mol. The van der Waals surface area contributed by atoms with Gasteiger partial charge in [-0.1, -0.05) is 47.6 Å². The minimum Gasteiger partial charge on any atom is -0.391 e. The van der Waals surface area contributed by atoms with Gasteiger partial charge in [0.15, 0.2) is 0 Å². The van der Waals surface area contributed by atoms with Crippen LogP contribution in [0.1, 0.15) is 30.4 Å². The Labute approximate surface area is 132 Å². The molecule has 22 heavy (non-hydrogen) atoms. The molecule has 0 aliphatic carbocycles. The molecule has 0 N–H and O–H groups in total. The van der Waals surface area contributed by atoms with E-state index in [9.17, 15) is 0 Å². The zero-order valence-electron chi connectivity index (χ0n) is 12.8. The van der Waals surface area contributed by atoms with E-state index in [-0.39, 0.29) is 0 Å². The highest BCUT2D eigenvalue weighted by Gasteiger charge is 2.10. The van der Waals surface area contributed by atoms with Crippen molar-refractivity contribution in [1.82, 2.24) is 0 Å². The first kappa shape index (κ1) is 14.6. The van der Waals surface area contributed by atoms with Crippen LogP contribution in [0.25, 0.3) is 0 Å². The highest BCUT2D eigenvalue weighted by molar-refractivity contribution is 5.79. The molecule has 1 heterocycles. The molecule has 114 valence electrons. The number of rotatable bonds is 5. The van der Waals surface area contributed by atoms with E-state index in [4.69, 9.17) is 4.84 Å². The molecule has 3 heteroatoms. The summed E-state index contributed by atoms with van der Waals surface area (Å²) in [7, 11) is 0. The summed E-state index contributed by atoms with van der Waals surface area (Å²) in [5.41, 5.74) is 3.50. The molecule has 1 fully saturated rings. The van der Waals surface area contributed by atoms with Gasteiger partial charge in [-0.3, -0.25) is 0 Å². The van der Waals surface area contributed by atoms with Crippen molar-refractivity contribution in [3.63, 3.8) is 0 Å². The quantitative estimate of drug-likeness (QED) is 0.609. The summed E-state index contributed by atoms with van der Waals surface area (Å²) in [6.07, 6.45) is 5.73. The highest BCUT2D eigenvalue weighted by atomic mass is 16.6. The summed E-state index contributed by atoms with van der Waals surface area (Å²) >= 11 is 0. The van der Waals surface area contributed by atoms with Gasteiger partial charge in [-0.2, -0.15) is 0 Å². The molecule has 0 spiro atoms. The molecule has 0 amide bonds. The van der Waals surface area contributed by atoms with Gasteiger partial charge in [-0.25, -0.2) is 0 Å². The largest absolute Gasteiger partial charge is 0.391 e. The SMILES string of the molecule is C(=NOCc1ccccc1)c1ccc(N2CCCCC2)cc1. The molecule has 1 aliphatic rings. The third-order valence-electron chi connectivity index (χ3n) is 3.96. The third kappa shape index (κ3) is 4.10. The van der Waals surface area contributed by atoms with Crippen LogP contribution in [0.15, 0.2) is 59.8 Å². The van der Waals surface area contributed by atoms with E-state index < -0.39 is 0 Å². The van der Waals surface area contributed by atoms with Gasteiger partial charge >= 0.3 is 0 Å². The lowest BCUT2D eigenvalue weighted by molar-refractivity contribution is 0.132. The van der Waals surface area contributed by atoms with Crippen LogP contribution in [0.3, 0.4) is 0 Å². The molecule has 0 saturated carbocycles. The molecular formula is C19H22N2O. The Hall–Kier alpha value is -2.29. The molecular weight excluding hydrogens is 272 g/mol. The molecule has 1 aliphatic heterocycles. The fourth-order valence-corrected chi connectivity index (χ4v) is 2.71. The maximum absolute atomic E-state index is 5.33. The van der Waals surface area contributed by atoms with Crippen LogP contribution in [0, 0.1) is 0 Å². The summed E-state index contributed by atoms with van der Waals surface area (Å²) in [5, 5.41) is 4.04. The van der Waals surface area contributed by atoms with E-state index in [1.165, 1.54) is 38.0 Å². The molecule has 0 radical (unpaired) electrons. The van der Waals surface area contributed by atoms with Gasteiger partial charge in [0.2, 0.25) is 0 Å². The summed E-state index contributed by atoms with van der Waals surface area (Å²) in [4.78, 5) is 7.78. The first-order valence-corrected chi connectivity index (χ1v) is 7.96. The van der Waals surface area contributed by atoms with Crippen molar-refractivity contribution < 1.29 is 4.84 Å². The van der Waals surface area contributed by atoms with Crippen molar-refractivity contribution in [3.05, 3.63) is 65.7 Å². The topological polar surface area (TPSA) is 24.8 Å². The lowest BCUT2D eigenvalue weighted by atomic mass is 10.1. The molecule has 3 rings (SSSR count). The molecule has 0 bridgehead atoms. The van der Waals surface area contributed by atoms with Gasteiger partial charge in [0.1, 0.15) is 6.61 Å². The van der Waals surface area contributed by atoms with Crippen LogP contribution in [-0.4, -0.2) is 19.3 Å². The number of piperidine rings is 1. The average molecular weight is 294 g/mol. The summed E-state index contributed by atoms with van der Waals surface area (Å²) in [5.74, 6) is 0. The number of hydrogen-bond acceptors (Lipinski definition) is 3. The van der Waals surface area contributed by atoms with Crippen LogP contribution in [0.5, 0.6) is 0 Å². The Bertz CT molecular complexity index is 587. The van der Waals surface area contributed by atoms with Crippen LogP contribution in [-0.2, 0) is 11.4 Å². The number of oxime groups is 1. The van der Waals surface area contributed by atoms with Gasteiger partial charge in [-0.15, -0.1) is 0 Å². The number of hydrogen-bond donors (Lipinski definition) is 0. The third-order valence-corrected chi connectivity index (χ3v) is 3.96. The van der Waals surface area contributed by atoms with Crippen molar-refractivity contribution in [2.24, 2.45) is 5.16 Å². The van der Waals surface area contributed by atoms with E-state index in [2.05, 4.69) is 34.3 Å². The molecule has 0 atom stereocenters. The van der Waals surface area contributed by atoms with Crippen molar-refractivity contribution in [1.29, 1.82) is 0 Å². The monoisotopic (exact) mass is 294 g/mol. The maximum atomic E-state index is 5.33. The Kier molecular flexibility index (Phi) is 5.09. The summed E-state index contributed by atoms with van der Waals surface area (Å²) in [6, 6.07) is 18.6. The van der Waals surface area contributed by atoms with Crippen LogP contribution < -0.4 is 4.90 Å². The Balaban J connectivity index is 1.51. The van der Waals surface area contributed by atoms with Crippen LogP contribution in [0.2, 0.25) is 0 Å². The van der Waals surface area contributed by atoms with Crippen molar-refractivity contribution in [3.8, 4) is 0 Å². The number of anilines is 1. The normalized spacial score (nSPS) is 15.2. The van der Waals surface area contributed by atoms with Crippen LogP contribution in [0.4, 0.5) is 5.69 Å². The predicted octanol–water partition coefficient (Wildman–Crippen LogP) is 4.23. The summed E-state index contributed by atoms with van der Waals surface area (Å²) < 4.78 is 0. The van der Waals surface area contributed by atoms with Gasteiger partial charge in [0.05, 0.1) is 6.21 Å². The molecule has 2 aromatic rings. The first-order chi connectivity index (χ1) is 10.9. The number of benzene rings is 2. The molecule has 2 aromatic carbocycles. The minimum atomic E-state index is 0.503. The fourth-order valence-electron chi connectivity index (χ4n) is 2.71. The Morgan fingerprint density at radius 2 is 1.64 bits per heavy atom. The van der Waals surface area contributed by atoms with Gasteiger partial charge in [0.25, 0.3) is 0 Å². The second-order valence-electron chi connectivity index (χ2n) is 5.63. The maximum Gasteiger partial charge on any atom is 0.142 e. The number of nitrogens with zero attached hydrogens (tertiary/aromatic N) is 2. The lowest BCUT2D eigenvalue weighted by Crippen LogP contribution is -2.29. The van der Waals surface area contributed by atoms with Crippen molar-refractivity contribution in [2.75, 3.05) is 18.0 Å². The second-order valence-corrected chi connectivity index (χ2v) is 5.63. The van der Waals surface area contributed by atoms with Crippen molar-refractivity contribution in [2.45, 2.75) is 25.9 Å². The summed E-state index contributed by atoms with van der Waals surface area (Å²) in [6.45, 7) is 2.85. The van der Waals surface area contributed by atoms with E-state index in [1.807, 2.05) is 30.3 Å². The van der Waals surface area contributed by atoms with E-state index in [0.717, 1.165) is 11.1 Å². The zero-order chi connectivity index (χ0) is 15.0. The average Bonchev–Trinajstić information content (AvgIpc) is 2.61. The highest BCUT2D eigenvalue weighted by Crippen LogP contribution is 2.19. The van der Waals surface area contributed by atoms with Crippen LogP contribution >= 0.6 is 0 Å². The van der Waals surface area contributed by atoms with Gasteiger partial charge < -0.3 is 9.74 Å². The minimum absolute atomic E-state index is 0.503. The smallest absolute Gasteiger partial charge is 0.142 e. The van der Waals surface area contributed by atoms with Gasteiger partial charge in [0, 0.05) is 18.8 Å². The lowest BCUT2D eigenvalue weighted by Gasteiger charge is -2.28. The molecule has 3 nitrogen and oxygen atoms in total. The Morgan fingerprint density at radius 3 is 2.36 bits per heavy atom. The Morgan fingerprint density at radius 1 is 0.909 bits per heavy atom. The van der Waals surface area contributed by atoms with Crippen molar-refractivity contribution >= 4 is 11.9 Å². The van der Waals surface area contributed by atoms with E-state index >= 15 is 0 Å². The molecule has 0 unspecified atom stereocenters. The van der Waals surface area contributed by atoms with E-state index in [0.29, 0.717) is 6.61 Å². The first-order valence-electron chi connectivity index (χ1n) is 7.96. The second kappa shape index (κ2) is 7.64. The van der Waals surface area contributed by atoms with Gasteiger partial charge in [-0.05, 0) is 42.5 Å². The standard InChI is InChI=1S/C19H22N2O/c1-3-7-18(8-4-1)16-22-20-15-17-9-11-19(12-10-17)21-13-5-2-6-14-21/h1,3-4,7-12,15H,2,5-6,13-14,16H2.